The zero-order chi connectivity index (χ0) is 18.5. The summed E-state index contributed by atoms with van der Waals surface area (Å²) in [5.41, 5.74) is 4.62. The van der Waals surface area contributed by atoms with Crippen molar-refractivity contribution in [3.63, 3.8) is 0 Å². The molecule has 0 radical (unpaired) electrons. The number of sulfonamides is 1. The zero-order valence-electron chi connectivity index (χ0n) is 14.1. The summed E-state index contributed by atoms with van der Waals surface area (Å²) < 4.78 is 25.4. The van der Waals surface area contributed by atoms with E-state index in [1.807, 2.05) is 36.4 Å². The summed E-state index contributed by atoms with van der Waals surface area (Å²) in [6, 6.07) is 11.5. The van der Waals surface area contributed by atoms with Gasteiger partial charge in [0.15, 0.2) is 5.71 Å². The number of fused-ring (bicyclic) bond motifs is 3. The number of carbonyl (C=O) groups is 1. The molecule has 2 aromatic carbocycles. The lowest BCUT2D eigenvalue weighted by Gasteiger charge is -2.30. The molecule has 1 amide bonds. The van der Waals surface area contributed by atoms with Crippen LogP contribution in [0.15, 0.2) is 41.6 Å². The Morgan fingerprint density at radius 2 is 1.88 bits per heavy atom. The van der Waals surface area contributed by atoms with Crippen molar-refractivity contribution in [1.29, 1.82) is 0 Å². The number of hydrogen-bond donors (Lipinski definition) is 2. The van der Waals surface area contributed by atoms with Gasteiger partial charge >= 0.3 is 0 Å². The van der Waals surface area contributed by atoms with Crippen molar-refractivity contribution in [3.8, 4) is 11.1 Å². The summed E-state index contributed by atoms with van der Waals surface area (Å²) in [7, 11) is -3.36. The second-order valence-corrected chi connectivity index (χ2v) is 8.40. The third-order valence-corrected chi connectivity index (χ3v) is 6.11. The number of rotatable bonds is 2. The predicted octanol–water partition coefficient (Wildman–Crippen LogP) is 1.80. The van der Waals surface area contributed by atoms with Crippen molar-refractivity contribution in [1.82, 2.24) is 4.31 Å². The van der Waals surface area contributed by atoms with Crippen molar-refractivity contribution in [2.24, 2.45) is 5.16 Å². The first-order valence-electron chi connectivity index (χ1n) is 8.13. The fourth-order valence-electron chi connectivity index (χ4n) is 3.61. The first kappa shape index (κ1) is 16.7. The predicted molar refractivity (Wildman–Crippen MR) is 97.8 cm³/mol. The van der Waals surface area contributed by atoms with E-state index in [4.69, 9.17) is 0 Å². The molecule has 0 aliphatic carbocycles. The van der Waals surface area contributed by atoms with Crippen molar-refractivity contribution in [2.75, 3.05) is 18.1 Å². The van der Waals surface area contributed by atoms with E-state index in [2.05, 4.69) is 10.5 Å². The van der Waals surface area contributed by atoms with E-state index in [1.54, 1.807) is 0 Å². The van der Waals surface area contributed by atoms with Crippen molar-refractivity contribution >= 4 is 27.3 Å². The van der Waals surface area contributed by atoms with E-state index in [1.165, 1.54) is 10.6 Å². The van der Waals surface area contributed by atoms with E-state index in [0.717, 1.165) is 22.3 Å². The number of nitrogens with zero attached hydrogens (tertiary/aromatic N) is 2. The van der Waals surface area contributed by atoms with Gasteiger partial charge in [-0.25, -0.2) is 8.42 Å². The SMILES string of the molecule is CS(=O)(=O)N1CCc2c(-c3ccccc3)cc3c(c2C1)NC(=O)/C3=N/O. The second kappa shape index (κ2) is 5.93. The van der Waals surface area contributed by atoms with Gasteiger partial charge < -0.3 is 10.5 Å². The first-order valence-corrected chi connectivity index (χ1v) is 9.98. The lowest BCUT2D eigenvalue weighted by Crippen LogP contribution is -2.35. The molecule has 0 saturated carbocycles. The van der Waals surface area contributed by atoms with Gasteiger partial charge in [0, 0.05) is 18.7 Å². The zero-order valence-corrected chi connectivity index (χ0v) is 14.9. The Labute approximate surface area is 151 Å². The fourth-order valence-corrected chi connectivity index (χ4v) is 4.40. The standard InChI is InChI=1S/C18H17N3O4S/c1-26(24,25)21-8-7-12-13(11-5-3-2-4-6-11)9-14-16(15(12)10-21)19-18(22)17(14)20-23/h2-6,9,23H,7-8,10H2,1H3,(H,19,20,22). The maximum Gasteiger partial charge on any atom is 0.278 e. The Morgan fingerprint density at radius 3 is 2.54 bits per heavy atom. The molecular formula is C18H17N3O4S. The van der Waals surface area contributed by atoms with E-state index in [-0.39, 0.29) is 12.3 Å². The minimum atomic E-state index is -3.36. The molecule has 0 aromatic heterocycles. The average Bonchev–Trinajstić information content (AvgIpc) is 2.95. The largest absolute Gasteiger partial charge is 0.410 e. The number of oxime groups is 1. The van der Waals surface area contributed by atoms with Gasteiger partial charge in [0.05, 0.1) is 11.9 Å². The molecule has 0 fully saturated rings. The van der Waals surface area contributed by atoms with E-state index in [9.17, 15) is 18.4 Å². The summed E-state index contributed by atoms with van der Waals surface area (Å²) >= 11 is 0. The third kappa shape index (κ3) is 2.58. The number of benzene rings is 2. The van der Waals surface area contributed by atoms with Crippen LogP contribution in [0.2, 0.25) is 0 Å². The van der Waals surface area contributed by atoms with Crippen LogP contribution in [0.25, 0.3) is 11.1 Å². The van der Waals surface area contributed by atoms with Gasteiger partial charge in [0.25, 0.3) is 5.91 Å². The van der Waals surface area contributed by atoms with Crippen LogP contribution in [0.3, 0.4) is 0 Å². The van der Waals surface area contributed by atoms with Crippen molar-refractivity contribution < 1.29 is 18.4 Å². The molecule has 2 aliphatic rings. The van der Waals surface area contributed by atoms with Gasteiger partial charge in [-0.1, -0.05) is 35.5 Å². The van der Waals surface area contributed by atoms with Gasteiger partial charge in [-0.2, -0.15) is 4.31 Å². The van der Waals surface area contributed by atoms with E-state index >= 15 is 0 Å². The highest BCUT2D eigenvalue weighted by atomic mass is 32.2. The molecule has 8 heteroatoms. The number of hydrogen-bond acceptors (Lipinski definition) is 5. The number of nitrogens with one attached hydrogen (secondary N) is 1. The Hall–Kier alpha value is -2.71. The van der Waals surface area contributed by atoms with Gasteiger partial charge in [0.1, 0.15) is 0 Å². The minimum Gasteiger partial charge on any atom is -0.410 e. The maximum absolute atomic E-state index is 12.1. The Balaban J connectivity index is 1.97. The van der Waals surface area contributed by atoms with Crippen LogP contribution in [-0.2, 0) is 27.8 Å². The molecule has 134 valence electrons. The molecule has 0 saturated heterocycles. The number of carbonyl (C=O) groups excluding carboxylic acids is 1. The summed E-state index contributed by atoms with van der Waals surface area (Å²) in [5.74, 6) is -0.494. The van der Waals surface area contributed by atoms with Crippen LogP contribution in [0.5, 0.6) is 0 Å². The molecule has 2 heterocycles. The lowest BCUT2D eigenvalue weighted by molar-refractivity contribution is -0.110. The van der Waals surface area contributed by atoms with Gasteiger partial charge in [-0.05, 0) is 34.7 Å². The van der Waals surface area contributed by atoms with Crippen molar-refractivity contribution in [2.45, 2.75) is 13.0 Å². The second-order valence-electron chi connectivity index (χ2n) is 6.42. The van der Waals surface area contributed by atoms with Crippen LogP contribution in [-0.4, -0.2) is 42.3 Å². The van der Waals surface area contributed by atoms with Crippen LogP contribution in [0.4, 0.5) is 5.69 Å². The quantitative estimate of drug-likeness (QED) is 0.621. The molecule has 7 nitrogen and oxygen atoms in total. The van der Waals surface area contributed by atoms with Gasteiger partial charge in [0.2, 0.25) is 10.0 Å². The van der Waals surface area contributed by atoms with Crippen LogP contribution < -0.4 is 5.32 Å². The molecule has 2 aliphatic heterocycles. The monoisotopic (exact) mass is 371 g/mol. The molecule has 0 bridgehead atoms. The third-order valence-electron chi connectivity index (χ3n) is 4.86. The Kier molecular flexibility index (Phi) is 3.82. The van der Waals surface area contributed by atoms with Gasteiger partial charge in [-0.3, -0.25) is 4.79 Å². The molecule has 0 spiro atoms. The van der Waals surface area contributed by atoms with Crippen molar-refractivity contribution in [3.05, 3.63) is 53.1 Å². The molecule has 2 aromatic rings. The highest BCUT2D eigenvalue weighted by molar-refractivity contribution is 7.88. The smallest absolute Gasteiger partial charge is 0.278 e. The molecule has 26 heavy (non-hydrogen) atoms. The van der Waals surface area contributed by atoms with Crippen LogP contribution in [0, 0.1) is 0 Å². The molecule has 0 unspecified atom stereocenters. The Morgan fingerprint density at radius 1 is 1.15 bits per heavy atom. The number of amides is 1. The normalized spacial score (nSPS) is 18.5. The summed E-state index contributed by atoms with van der Waals surface area (Å²) in [6.07, 6.45) is 1.72. The summed E-state index contributed by atoms with van der Waals surface area (Å²) in [5, 5.41) is 15.1. The van der Waals surface area contributed by atoms with Gasteiger partial charge in [-0.15, -0.1) is 0 Å². The summed E-state index contributed by atoms with van der Waals surface area (Å²) in [6.45, 7) is 0.565. The number of anilines is 1. The topological polar surface area (TPSA) is 99.1 Å². The highest BCUT2D eigenvalue weighted by Gasteiger charge is 2.35. The molecule has 2 N–H and O–H groups in total. The molecular weight excluding hydrogens is 354 g/mol. The fraction of sp³-hybridized carbons (Fsp3) is 0.222. The molecule has 4 rings (SSSR count). The maximum atomic E-state index is 12.1. The van der Waals surface area contributed by atoms with Crippen LogP contribution >= 0.6 is 0 Å². The van der Waals surface area contributed by atoms with E-state index in [0.29, 0.717) is 24.2 Å². The van der Waals surface area contributed by atoms with Crippen LogP contribution in [0.1, 0.15) is 16.7 Å². The Bertz CT molecular complexity index is 1050. The average molecular weight is 371 g/mol. The molecule has 0 atom stereocenters. The van der Waals surface area contributed by atoms with E-state index < -0.39 is 15.9 Å². The first-order chi connectivity index (χ1) is 12.4. The minimum absolute atomic E-state index is 0.0588. The summed E-state index contributed by atoms with van der Waals surface area (Å²) in [4.78, 5) is 12.1. The lowest BCUT2D eigenvalue weighted by atomic mass is 9.87. The highest BCUT2D eigenvalue weighted by Crippen LogP contribution is 2.40.